The molecular formula is C16H15BrF2. The lowest BCUT2D eigenvalue weighted by Crippen LogP contribution is -2.06. The molecule has 0 radical (unpaired) electrons. The Morgan fingerprint density at radius 1 is 1.11 bits per heavy atom. The van der Waals surface area contributed by atoms with Crippen molar-refractivity contribution in [3.8, 4) is 0 Å². The van der Waals surface area contributed by atoms with E-state index in [1.54, 1.807) is 0 Å². The van der Waals surface area contributed by atoms with Gasteiger partial charge >= 0.3 is 0 Å². The summed E-state index contributed by atoms with van der Waals surface area (Å²) in [6, 6.07) is 12.0. The first-order valence-corrected chi connectivity index (χ1v) is 7.28. The zero-order valence-corrected chi connectivity index (χ0v) is 12.3. The maximum Gasteiger partial charge on any atom is 0.129 e. The van der Waals surface area contributed by atoms with Crippen LogP contribution >= 0.6 is 15.9 Å². The molecule has 0 fully saturated rings. The highest BCUT2D eigenvalue weighted by Crippen LogP contribution is 2.25. The van der Waals surface area contributed by atoms with Crippen molar-refractivity contribution in [3.63, 3.8) is 0 Å². The SMILES string of the molecule is Cc1cccc(C(CBr)Cc2ccc(F)cc2F)c1. The molecule has 2 aromatic rings. The fraction of sp³-hybridized carbons (Fsp3) is 0.250. The van der Waals surface area contributed by atoms with Gasteiger partial charge in [-0.1, -0.05) is 51.8 Å². The molecule has 0 saturated carbocycles. The Morgan fingerprint density at radius 3 is 2.53 bits per heavy atom. The van der Waals surface area contributed by atoms with E-state index in [9.17, 15) is 8.78 Å². The molecule has 0 aliphatic rings. The smallest absolute Gasteiger partial charge is 0.129 e. The number of hydrogen-bond acceptors (Lipinski definition) is 0. The first kappa shape index (κ1) is 14.2. The fourth-order valence-electron chi connectivity index (χ4n) is 2.14. The predicted molar refractivity (Wildman–Crippen MR) is 77.8 cm³/mol. The fourth-order valence-corrected chi connectivity index (χ4v) is 2.74. The molecule has 2 rings (SSSR count). The van der Waals surface area contributed by atoms with E-state index in [1.807, 2.05) is 25.1 Å². The number of benzene rings is 2. The number of rotatable bonds is 4. The molecule has 2 aromatic carbocycles. The van der Waals surface area contributed by atoms with E-state index in [2.05, 4.69) is 22.0 Å². The van der Waals surface area contributed by atoms with Crippen LogP contribution in [0.4, 0.5) is 8.78 Å². The molecular weight excluding hydrogens is 310 g/mol. The lowest BCUT2D eigenvalue weighted by Gasteiger charge is -2.15. The van der Waals surface area contributed by atoms with Gasteiger partial charge in [-0.05, 0) is 36.5 Å². The molecule has 0 N–H and O–H groups in total. The van der Waals surface area contributed by atoms with E-state index in [4.69, 9.17) is 0 Å². The van der Waals surface area contributed by atoms with Gasteiger partial charge in [0.2, 0.25) is 0 Å². The highest BCUT2D eigenvalue weighted by molar-refractivity contribution is 9.09. The van der Waals surface area contributed by atoms with E-state index in [0.29, 0.717) is 12.0 Å². The zero-order chi connectivity index (χ0) is 13.8. The number of alkyl halides is 1. The molecule has 0 amide bonds. The van der Waals surface area contributed by atoms with Crippen LogP contribution in [0.15, 0.2) is 42.5 Å². The Morgan fingerprint density at radius 2 is 1.89 bits per heavy atom. The monoisotopic (exact) mass is 324 g/mol. The van der Waals surface area contributed by atoms with Crippen LogP contribution in [0.2, 0.25) is 0 Å². The first-order chi connectivity index (χ1) is 9.10. The second-order valence-electron chi connectivity index (χ2n) is 4.71. The molecule has 100 valence electrons. The van der Waals surface area contributed by atoms with Crippen molar-refractivity contribution >= 4 is 15.9 Å². The van der Waals surface area contributed by atoms with Crippen molar-refractivity contribution in [2.75, 3.05) is 5.33 Å². The van der Waals surface area contributed by atoms with Crippen molar-refractivity contribution < 1.29 is 8.78 Å². The average Bonchev–Trinajstić information content (AvgIpc) is 2.38. The van der Waals surface area contributed by atoms with Gasteiger partial charge in [0.15, 0.2) is 0 Å². The van der Waals surface area contributed by atoms with Crippen molar-refractivity contribution in [1.29, 1.82) is 0 Å². The molecule has 0 aliphatic carbocycles. The van der Waals surface area contributed by atoms with Crippen LogP contribution in [0.1, 0.15) is 22.6 Å². The molecule has 0 aliphatic heterocycles. The van der Waals surface area contributed by atoms with Crippen LogP contribution in [0, 0.1) is 18.6 Å². The standard InChI is InChI=1S/C16H15BrF2/c1-11-3-2-4-12(7-11)14(10-17)8-13-5-6-15(18)9-16(13)19/h2-7,9,14H,8,10H2,1H3. The summed E-state index contributed by atoms with van der Waals surface area (Å²) in [5.74, 6) is -0.828. The lowest BCUT2D eigenvalue weighted by atomic mass is 9.92. The second kappa shape index (κ2) is 6.29. The maximum absolute atomic E-state index is 13.7. The van der Waals surface area contributed by atoms with Gasteiger partial charge in [0, 0.05) is 11.4 Å². The summed E-state index contributed by atoms with van der Waals surface area (Å²) in [6.07, 6.45) is 0.556. The van der Waals surface area contributed by atoms with E-state index < -0.39 is 11.6 Å². The highest BCUT2D eigenvalue weighted by atomic mass is 79.9. The topological polar surface area (TPSA) is 0 Å². The Kier molecular flexibility index (Phi) is 4.70. The second-order valence-corrected chi connectivity index (χ2v) is 5.35. The van der Waals surface area contributed by atoms with Crippen LogP contribution in [0.3, 0.4) is 0 Å². The van der Waals surface area contributed by atoms with Gasteiger partial charge in [0.1, 0.15) is 11.6 Å². The third-order valence-corrected chi connectivity index (χ3v) is 3.96. The zero-order valence-electron chi connectivity index (χ0n) is 10.7. The molecule has 0 aromatic heterocycles. The summed E-state index contributed by atoms with van der Waals surface area (Å²) in [6.45, 7) is 2.03. The molecule has 1 unspecified atom stereocenters. The van der Waals surface area contributed by atoms with Gasteiger partial charge in [-0.25, -0.2) is 8.78 Å². The highest BCUT2D eigenvalue weighted by Gasteiger charge is 2.14. The average molecular weight is 325 g/mol. The van der Waals surface area contributed by atoms with Gasteiger partial charge < -0.3 is 0 Å². The van der Waals surface area contributed by atoms with Gasteiger partial charge in [-0.3, -0.25) is 0 Å². The van der Waals surface area contributed by atoms with E-state index in [-0.39, 0.29) is 5.92 Å². The molecule has 0 saturated heterocycles. The molecule has 0 heterocycles. The number of hydrogen-bond donors (Lipinski definition) is 0. The summed E-state index contributed by atoms with van der Waals surface area (Å²) >= 11 is 3.48. The molecule has 3 heteroatoms. The molecule has 19 heavy (non-hydrogen) atoms. The minimum absolute atomic E-state index is 0.180. The third kappa shape index (κ3) is 3.63. The summed E-state index contributed by atoms with van der Waals surface area (Å²) < 4.78 is 26.6. The van der Waals surface area contributed by atoms with E-state index in [1.165, 1.54) is 23.3 Å². The van der Waals surface area contributed by atoms with Crippen LogP contribution in [0.5, 0.6) is 0 Å². The van der Waals surface area contributed by atoms with Crippen LogP contribution in [-0.4, -0.2) is 5.33 Å². The Labute approximate surface area is 120 Å². The largest absolute Gasteiger partial charge is 0.207 e. The normalized spacial score (nSPS) is 12.4. The Bertz CT molecular complexity index is 566. The number of aryl methyl sites for hydroxylation is 1. The van der Waals surface area contributed by atoms with Crippen LogP contribution in [-0.2, 0) is 6.42 Å². The summed E-state index contributed by atoms with van der Waals surface area (Å²) in [4.78, 5) is 0. The van der Waals surface area contributed by atoms with Gasteiger partial charge in [-0.15, -0.1) is 0 Å². The minimum Gasteiger partial charge on any atom is -0.207 e. The van der Waals surface area contributed by atoms with Crippen molar-refractivity contribution in [1.82, 2.24) is 0 Å². The van der Waals surface area contributed by atoms with Crippen molar-refractivity contribution in [2.24, 2.45) is 0 Å². The van der Waals surface area contributed by atoms with E-state index in [0.717, 1.165) is 11.4 Å². The maximum atomic E-state index is 13.7. The third-order valence-electron chi connectivity index (χ3n) is 3.18. The molecule has 0 bridgehead atoms. The quantitative estimate of drug-likeness (QED) is 0.695. The molecule has 0 spiro atoms. The van der Waals surface area contributed by atoms with Crippen molar-refractivity contribution in [3.05, 3.63) is 70.8 Å². The minimum atomic E-state index is -0.535. The predicted octanol–water partition coefficient (Wildman–Crippen LogP) is 4.99. The lowest BCUT2D eigenvalue weighted by molar-refractivity contribution is 0.566. The molecule has 0 nitrogen and oxygen atoms in total. The van der Waals surface area contributed by atoms with Crippen molar-refractivity contribution in [2.45, 2.75) is 19.3 Å². The Balaban J connectivity index is 2.24. The van der Waals surface area contributed by atoms with Gasteiger partial charge in [0.25, 0.3) is 0 Å². The summed E-state index contributed by atoms with van der Waals surface area (Å²) in [5.41, 5.74) is 2.90. The summed E-state index contributed by atoms with van der Waals surface area (Å²) in [7, 11) is 0. The van der Waals surface area contributed by atoms with Gasteiger partial charge in [0.05, 0.1) is 0 Å². The number of halogens is 3. The molecule has 1 atom stereocenters. The summed E-state index contributed by atoms with van der Waals surface area (Å²) in [5, 5.41) is 0.743. The van der Waals surface area contributed by atoms with Crippen LogP contribution in [0.25, 0.3) is 0 Å². The first-order valence-electron chi connectivity index (χ1n) is 6.16. The van der Waals surface area contributed by atoms with Crippen LogP contribution < -0.4 is 0 Å². The Hall–Kier alpha value is -1.22. The van der Waals surface area contributed by atoms with Gasteiger partial charge in [-0.2, -0.15) is 0 Å². The van der Waals surface area contributed by atoms with E-state index >= 15 is 0 Å².